The van der Waals surface area contributed by atoms with Crippen LogP contribution in [0.4, 0.5) is 0 Å². The summed E-state index contributed by atoms with van der Waals surface area (Å²) in [6.07, 6.45) is 5.50. The molecule has 0 radical (unpaired) electrons. The van der Waals surface area contributed by atoms with Gasteiger partial charge in [0.15, 0.2) is 0 Å². The lowest BCUT2D eigenvalue weighted by atomic mass is 10.1. The van der Waals surface area contributed by atoms with Crippen molar-refractivity contribution >= 4 is 0 Å². The van der Waals surface area contributed by atoms with Crippen LogP contribution in [0.3, 0.4) is 0 Å². The van der Waals surface area contributed by atoms with Gasteiger partial charge >= 0.3 is 0 Å². The first-order chi connectivity index (χ1) is 7.15. The summed E-state index contributed by atoms with van der Waals surface area (Å²) < 4.78 is 0. The summed E-state index contributed by atoms with van der Waals surface area (Å²) in [4.78, 5) is 2.73. The van der Waals surface area contributed by atoms with Gasteiger partial charge in [0.1, 0.15) is 0 Å². The van der Waals surface area contributed by atoms with Crippen molar-refractivity contribution in [1.29, 1.82) is 0 Å². The number of hydrogen-bond donors (Lipinski definition) is 1. The van der Waals surface area contributed by atoms with Crippen molar-refractivity contribution in [3.8, 4) is 0 Å². The summed E-state index contributed by atoms with van der Waals surface area (Å²) in [6, 6.07) is 1.67. The number of rotatable bonds is 8. The van der Waals surface area contributed by atoms with Crippen LogP contribution in [0.2, 0.25) is 0 Å². The van der Waals surface area contributed by atoms with Crippen molar-refractivity contribution in [3.63, 3.8) is 0 Å². The highest BCUT2D eigenvalue weighted by Gasteiger charge is 2.31. The normalized spacial score (nSPS) is 18.8. The van der Waals surface area contributed by atoms with E-state index in [1.165, 1.54) is 32.2 Å². The molecule has 0 heterocycles. The maximum Gasteiger partial charge on any atom is 0.00992 e. The molecular formula is C13H28N2. The number of hydrogen-bond acceptors (Lipinski definition) is 2. The van der Waals surface area contributed by atoms with Gasteiger partial charge in [-0.05, 0) is 58.7 Å². The molecule has 0 aromatic carbocycles. The Bertz CT molecular complexity index is 164. The first kappa shape index (κ1) is 13.0. The molecule has 0 aromatic rings. The lowest BCUT2D eigenvalue weighted by Crippen LogP contribution is -2.38. The molecule has 1 N–H and O–H groups in total. The summed E-state index contributed by atoms with van der Waals surface area (Å²) in [5.74, 6) is 0.836. The van der Waals surface area contributed by atoms with Crippen LogP contribution in [0.15, 0.2) is 0 Å². The molecule has 2 nitrogen and oxygen atoms in total. The van der Waals surface area contributed by atoms with Crippen LogP contribution in [0.25, 0.3) is 0 Å². The number of nitrogens with one attached hydrogen (secondary N) is 1. The minimum Gasteiger partial charge on any atom is -0.320 e. The minimum absolute atomic E-state index is 0.753. The van der Waals surface area contributed by atoms with E-state index in [-0.39, 0.29) is 0 Å². The second-order valence-corrected chi connectivity index (χ2v) is 5.39. The van der Waals surface area contributed by atoms with Gasteiger partial charge in [-0.3, -0.25) is 4.90 Å². The molecule has 1 aliphatic rings. The molecule has 1 saturated carbocycles. The van der Waals surface area contributed by atoms with Gasteiger partial charge in [0.05, 0.1) is 0 Å². The Morgan fingerprint density at radius 1 is 1.20 bits per heavy atom. The molecule has 2 heteroatoms. The molecule has 1 rings (SSSR count). The van der Waals surface area contributed by atoms with Crippen LogP contribution in [0, 0.1) is 5.92 Å². The van der Waals surface area contributed by atoms with Gasteiger partial charge in [0, 0.05) is 12.1 Å². The number of nitrogens with zero attached hydrogens (tertiary/aromatic N) is 1. The SMILES string of the molecule is CNCCC(C)N(CCC(C)C)C1CC1. The second-order valence-electron chi connectivity index (χ2n) is 5.39. The second kappa shape index (κ2) is 6.49. The Kier molecular flexibility index (Phi) is 5.62. The van der Waals surface area contributed by atoms with Crippen LogP contribution in [-0.4, -0.2) is 37.1 Å². The monoisotopic (exact) mass is 212 g/mol. The van der Waals surface area contributed by atoms with Crippen LogP contribution in [0.1, 0.15) is 46.5 Å². The van der Waals surface area contributed by atoms with Crippen LogP contribution in [-0.2, 0) is 0 Å². The Morgan fingerprint density at radius 2 is 1.87 bits per heavy atom. The first-order valence-electron chi connectivity index (χ1n) is 6.55. The fourth-order valence-electron chi connectivity index (χ4n) is 2.10. The van der Waals surface area contributed by atoms with E-state index >= 15 is 0 Å². The lowest BCUT2D eigenvalue weighted by Gasteiger charge is -2.29. The largest absolute Gasteiger partial charge is 0.320 e. The van der Waals surface area contributed by atoms with Gasteiger partial charge in [-0.15, -0.1) is 0 Å². The molecule has 1 aliphatic carbocycles. The van der Waals surface area contributed by atoms with Gasteiger partial charge in [-0.25, -0.2) is 0 Å². The Hall–Kier alpha value is -0.0800. The Morgan fingerprint density at radius 3 is 2.33 bits per heavy atom. The third-order valence-electron chi connectivity index (χ3n) is 3.36. The van der Waals surface area contributed by atoms with E-state index in [2.05, 4.69) is 31.0 Å². The minimum atomic E-state index is 0.753. The van der Waals surface area contributed by atoms with Crippen molar-refractivity contribution in [2.75, 3.05) is 20.1 Å². The zero-order valence-corrected chi connectivity index (χ0v) is 10.9. The van der Waals surface area contributed by atoms with E-state index in [1.807, 2.05) is 7.05 Å². The average molecular weight is 212 g/mol. The molecule has 1 unspecified atom stereocenters. The lowest BCUT2D eigenvalue weighted by molar-refractivity contribution is 0.179. The van der Waals surface area contributed by atoms with E-state index in [0.29, 0.717) is 0 Å². The molecule has 0 spiro atoms. The third kappa shape index (κ3) is 4.98. The molecule has 90 valence electrons. The Labute approximate surface area is 95.4 Å². The maximum absolute atomic E-state index is 3.25. The van der Waals surface area contributed by atoms with Crippen LogP contribution >= 0.6 is 0 Å². The summed E-state index contributed by atoms with van der Waals surface area (Å²) in [5.41, 5.74) is 0. The van der Waals surface area contributed by atoms with Crippen molar-refractivity contribution in [2.45, 2.75) is 58.5 Å². The van der Waals surface area contributed by atoms with Crippen molar-refractivity contribution in [2.24, 2.45) is 5.92 Å². The fourth-order valence-corrected chi connectivity index (χ4v) is 2.10. The predicted octanol–water partition coefficient (Wildman–Crippen LogP) is 2.49. The van der Waals surface area contributed by atoms with Crippen molar-refractivity contribution in [1.82, 2.24) is 10.2 Å². The molecule has 0 saturated heterocycles. The first-order valence-corrected chi connectivity index (χ1v) is 6.55. The van der Waals surface area contributed by atoms with E-state index in [4.69, 9.17) is 0 Å². The van der Waals surface area contributed by atoms with E-state index < -0.39 is 0 Å². The highest BCUT2D eigenvalue weighted by molar-refractivity contribution is 4.87. The zero-order chi connectivity index (χ0) is 11.3. The summed E-state index contributed by atoms with van der Waals surface area (Å²) in [7, 11) is 2.04. The Balaban J connectivity index is 2.28. The highest BCUT2D eigenvalue weighted by atomic mass is 15.2. The van der Waals surface area contributed by atoms with E-state index in [1.54, 1.807) is 0 Å². The van der Waals surface area contributed by atoms with E-state index in [9.17, 15) is 0 Å². The molecule has 0 aromatic heterocycles. The molecule has 1 atom stereocenters. The highest BCUT2D eigenvalue weighted by Crippen LogP contribution is 2.29. The predicted molar refractivity (Wildman–Crippen MR) is 67.2 cm³/mol. The van der Waals surface area contributed by atoms with Gasteiger partial charge in [0.25, 0.3) is 0 Å². The molecule has 0 aliphatic heterocycles. The summed E-state index contributed by atoms with van der Waals surface area (Å²) >= 11 is 0. The summed E-state index contributed by atoms with van der Waals surface area (Å²) in [6.45, 7) is 9.47. The van der Waals surface area contributed by atoms with Gasteiger partial charge < -0.3 is 5.32 Å². The smallest absolute Gasteiger partial charge is 0.00992 e. The van der Waals surface area contributed by atoms with Crippen molar-refractivity contribution in [3.05, 3.63) is 0 Å². The molecule has 0 bridgehead atoms. The summed E-state index contributed by atoms with van der Waals surface area (Å²) in [5, 5.41) is 3.25. The topological polar surface area (TPSA) is 15.3 Å². The van der Waals surface area contributed by atoms with E-state index in [0.717, 1.165) is 24.5 Å². The fraction of sp³-hybridized carbons (Fsp3) is 1.00. The zero-order valence-electron chi connectivity index (χ0n) is 10.9. The van der Waals surface area contributed by atoms with Crippen LogP contribution in [0.5, 0.6) is 0 Å². The quantitative estimate of drug-likeness (QED) is 0.665. The maximum atomic E-state index is 3.25. The molecule has 0 amide bonds. The third-order valence-corrected chi connectivity index (χ3v) is 3.36. The van der Waals surface area contributed by atoms with Crippen LogP contribution < -0.4 is 5.32 Å². The standard InChI is InChI=1S/C13H28N2/c1-11(2)8-10-15(13-5-6-13)12(3)7-9-14-4/h11-14H,5-10H2,1-4H3. The van der Waals surface area contributed by atoms with Gasteiger partial charge in [-0.1, -0.05) is 13.8 Å². The van der Waals surface area contributed by atoms with Crippen molar-refractivity contribution < 1.29 is 0 Å². The van der Waals surface area contributed by atoms with Gasteiger partial charge in [-0.2, -0.15) is 0 Å². The molecular weight excluding hydrogens is 184 g/mol. The average Bonchev–Trinajstić information content (AvgIpc) is 2.98. The molecule has 1 fully saturated rings. The molecule has 15 heavy (non-hydrogen) atoms. The van der Waals surface area contributed by atoms with Gasteiger partial charge in [0.2, 0.25) is 0 Å².